The minimum Gasteiger partial charge on any atom is -0.406 e. The predicted octanol–water partition coefficient (Wildman–Crippen LogP) is 5.10. The standard InChI is InChI=1S/C22H11F3O3/c1-10-2-4-12-14-8-15-13-5-3-11(28-22(23,24)25)7-17(13)21(27)19(15)9-18(14)20(26)16(12)6-10/h2-9H,1H3. The number of halogens is 3. The second kappa shape index (κ2) is 5.32. The molecule has 0 aliphatic heterocycles. The summed E-state index contributed by atoms with van der Waals surface area (Å²) in [6.07, 6.45) is -4.84. The van der Waals surface area contributed by atoms with E-state index in [2.05, 4.69) is 4.74 Å². The van der Waals surface area contributed by atoms with Crippen LogP contribution in [-0.2, 0) is 0 Å². The number of aryl methyl sites for hydroxylation is 1. The number of fused-ring (bicyclic) bond motifs is 6. The summed E-state index contributed by atoms with van der Waals surface area (Å²) in [5.41, 5.74) is 0.396. The highest BCUT2D eigenvalue weighted by Gasteiger charge is 2.31. The molecule has 28 heavy (non-hydrogen) atoms. The third-order valence-electron chi connectivity index (χ3n) is 5.12. The van der Waals surface area contributed by atoms with E-state index >= 15 is 0 Å². The molecule has 3 nitrogen and oxygen atoms in total. The SMILES string of the molecule is Cc1ccc2c(c1)c(=O)c1cc3c(=O)c4cc(OC(F)(F)F)ccc4c3cc12. The lowest BCUT2D eigenvalue weighted by molar-refractivity contribution is -0.274. The second-order valence-electron chi connectivity index (χ2n) is 6.91. The predicted molar refractivity (Wildman–Crippen MR) is 103 cm³/mol. The van der Waals surface area contributed by atoms with Crippen LogP contribution in [0.2, 0.25) is 0 Å². The van der Waals surface area contributed by atoms with Gasteiger partial charge in [0.2, 0.25) is 0 Å². The molecule has 0 aliphatic rings. The Labute approximate surface area is 155 Å². The maximum absolute atomic E-state index is 12.8. The Morgan fingerprint density at radius 1 is 0.643 bits per heavy atom. The van der Waals surface area contributed by atoms with Crippen molar-refractivity contribution in [3.8, 4) is 5.75 Å². The van der Waals surface area contributed by atoms with Crippen molar-refractivity contribution in [1.29, 1.82) is 0 Å². The highest BCUT2D eigenvalue weighted by Crippen LogP contribution is 2.34. The fourth-order valence-electron chi connectivity index (χ4n) is 3.94. The van der Waals surface area contributed by atoms with E-state index in [0.29, 0.717) is 26.9 Å². The zero-order valence-electron chi connectivity index (χ0n) is 14.5. The maximum atomic E-state index is 12.8. The summed E-state index contributed by atoms with van der Waals surface area (Å²) in [5, 5.41) is 4.16. The highest BCUT2D eigenvalue weighted by atomic mass is 19.4. The van der Waals surface area contributed by atoms with Crippen molar-refractivity contribution in [2.24, 2.45) is 0 Å². The Morgan fingerprint density at radius 2 is 1.14 bits per heavy atom. The minimum absolute atomic E-state index is 0.136. The molecule has 5 rings (SSSR count). The third-order valence-corrected chi connectivity index (χ3v) is 5.12. The molecular formula is C22H11F3O3. The smallest absolute Gasteiger partial charge is 0.406 e. The van der Waals surface area contributed by atoms with Gasteiger partial charge in [0, 0.05) is 21.5 Å². The molecule has 0 N–H and O–H groups in total. The lowest BCUT2D eigenvalue weighted by atomic mass is 10.1. The molecule has 0 unspecified atom stereocenters. The van der Waals surface area contributed by atoms with E-state index < -0.39 is 17.5 Å². The molecule has 6 heteroatoms. The number of rotatable bonds is 1. The van der Waals surface area contributed by atoms with Gasteiger partial charge >= 0.3 is 6.36 Å². The van der Waals surface area contributed by atoms with Crippen LogP contribution < -0.4 is 15.6 Å². The summed E-state index contributed by atoms with van der Waals surface area (Å²) in [4.78, 5) is 25.6. The average Bonchev–Trinajstić information content (AvgIpc) is 3.05. The fraction of sp³-hybridized carbons (Fsp3) is 0.0909. The van der Waals surface area contributed by atoms with Crippen molar-refractivity contribution in [1.82, 2.24) is 0 Å². The van der Waals surface area contributed by atoms with Gasteiger partial charge < -0.3 is 4.74 Å². The van der Waals surface area contributed by atoms with Gasteiger partial charge in [0.1, 0.15) is 5.75 Å². The van der Waals surface area contributed by atoms with Gasteiger partial charge in [-0.05, 0) is 64.9 Å². The molecule has 0 aromatic heterocycles. The van der Waals surface area contributed by atoms with Gasteiger partial charge in [-0.25, -0.2) is 0 Å². The van der Waals surface area contributed by atoms with Gasteiger partial charge in [-0.1, -0.05) is 17.7 Å². The lowest BCUT2D eigenvalue weighted by Gasteiger charge is -2.08. The molecule has 5 aromatic carbocycles. The van der Waals surface area contributed by atoms with Crippen molar-refractivity contribution in [3.05, 3.63) is 74.5 Å². The molecule has 0 aliphatic carbocycles. The van der Waals surface area contributed by atoms with Gasteiger partial charge in [-0.3, -0.25) is 9.59 Å². The first-order chi connectivity index (χ1) is 13.2. The normalized spacial score (nSPS) is 12.6. The van der Waals surface area contributed by atoms with Crippen molar-refractivity contribution in [2.45, 2.75) is 13.3 Å². The zero-order chi connectivity index (χ0) is 19.8. The summed E-state index contributed by atoms with van der Waals surface area (Å²) in [7, 11) is 0. The van der Waals surface area contributed by atoms with Crippen LogP contribution in [0, 0.1) is 6.92 Å². The first-order valence-electron chi connectivity index (χ1n) is 8.51. The van der Waals surface area contributed by atoms with Crippen molar-refractivity contribution < 1.29 is 17.9 Å². The number of hydrogen-bond acceptors (Lipinski definition) is 3. The van der Waals surface area contributed by atoms with Crippen molar-refractivity contribution in [3.63, 3.8) is 0 Å². The van der Waals surface area contributed by atoms with Crippen LogP contribution >= 0.6 is 0 Å². The van der Waals surface area contributed by atoms with E-state index in [-0.39, 0.29) is 10.8 Å². The molecule has 138 valence electrons. The molecule has 0 spiro atoms. The van der Waals surface area contributed by atoms with Gasteiger partial charge in [0.25, 0.3) is 0 Å². The van der Waals surface area contributed by atoms with E-state index in [1.54, 1.807) is 12.1 Å². The van der Waals surface area contributed by atoms with Gasteiger partial charge in [-0.2, -0.15) is 0 Å². The first kappa shape index (κ1) is 16.7. The second-order valence-corrected chi connectivity index (χ2v) is 6.91. The van der Waals surface area contributed by atoms with Crippen molar-refractivity contribution >= 4 is 43.1 Å². The number of alkyl halides is 3. The van der Waals surface area contributed by atoms with Crippen molar-refractivity contribution in [2.75, 3.05) is 0 Å². The van der Waals surface area contributed by atoms with Crippen LogP contribution in [0.15, 0.2) is 58.1 Å². The first-order valence-corrected chi connectivity index (χ1v) is 8.51. The summed E-state index contributed by atoms with van der Waals surface area (Å²) in [6.45, 7) is 1.90. The van der Waals surface area contributed by atoms with Crippen LogP contribution in [0.1, 0.15) is 5.56 Å². The molecule has 0 bridgehead atoms. The number of ether oxygens (including phenoxy) is 1. The van der Waals surface area contributed by atoms with E-state index in [0.717, 1.165) is 22.4 Å². The molecule has 0 amide bonds. The van der Waals surface area contributed by atoms with Gasteiger partial charge in [0.05, 0.1) is 0 Å². The Kier molecular flexibility index (Phi) is 3.18. The maximum Gasteiger partial charge on any atom is 0.573 e. The molecule has 0 saturated heterocycles. The monoisotopic (exact) mass is 380 g/mol. The number of benzene rings is 3. The Balaban J connectivity index is 1.87. The molecule has 0 radical (unpaired) electrons. The quantitative estimate of drug-likeness (QED) is 0.406. The van der Waals surface area contributed by atoms with Gasteiger partial charge in [-0.15, -0.1) is 13.2 Å². The summed E-state index contributed by atoms with van der Waals surface area (Å²) in [5.74, 6) is -0.447. The zero-order valence-corrected chi connectivity index (χ0v) is 14.5. The minimum atomic E-state index is -4.84. The summed E-state index contributed by atoms with van der Waals surface area (Å²) in [6, 6.07) is 12.7. The van der Waals surface area contributed by atoms with E-state index in [4.69, 9.17) is 0 Å². The Bertz CT molecular complexity index is 1520. The molecule has 0 saturated carbocycles. The average molecular weight is 380 g/mol. The number of hydrogen-bond donors (Lipinski definition) is 0. The molecular weight excluding hydrogens is 369 g/mol. The summed E-state index contributed by atoms with van der Waals surface area (Å²) >= 11 is 0. The molecule has 5 aromatic rings. The Morgan fingerprint density at radius 3 is 1.75 bits per heavy atom. The van der Waals surface area contributed by atoms with E-state index in [1.165, 1.54) is 12.1 Å². The highest BCUT2D eigenvalue weighted by molar-refractivity contribution is 6.21. The topological polar surface area (TPSA) is 43.4 Å². The van der Waals surface area contributed by atoms with Crippen LogP contribution in [0.5, 0.6) is 5.75 Å². The molecule has 0 atom stereocenters. The Hall–Kier alpha value is -3.41. The lowest BCUT2D eigenvalue weighted by Crippen LogP contribution is -2.17. The van der Waals surface area contributed by atoms with Crippen LogP contribution in [0.25, 0.3) is 43.1 Å². The summed E-state index contributed by atoms with van der Waals surface area (Å²) < 4.78 is 41.4. The largest absolute Gasteiger partial charge is 0.573 e. The van der Waals surface area contributed by atoms with Crippen LogP contribution in [-0.4, -0.2) is 6.36 Å². The van der Waals surface area contributed by atoms with Crippen LogP contribution in [0.4, 0.5) is 13.2 Å². The van der Waals surface area contributed by atoms with E-state index in [9.17, 15) is 22.8 Å². The third kappa shape index (κ3) is 2.30. The van der Waals surface area contributed by atoms with E-state index in [1.807, 2.05) is 25.1 Å². The fourth-order valence-corrected chi connectivity index (χ4v) is 3.94. The molecule has 0 heterocycles. The molecule has 0 fully saturated rings. The van der Waals surface area contributed by atoms with Gasteiger partial charge in [0.15, 0.2) is 10.9 Å². The van der Waals surface area contributed by atoms with Crippen LogP contribution in [0.3, 0.4) is 0 Å².